The van der Waals surface area contributed by atoms with Gasteiger partial charge in [-0.3, -0.25) is 9.59 Å². The van der Waals surface area contributed by atoms with Crippen LogP contribution in [0.15, 0.2) is 29.2 Å². The maximum atomic E-state index is 13.9. The van der Waals surface area contributed by atoms with Crippen LogP contribution in [0.25, 0.3) is 10.6 Å². The molecule has 3 heterocycles. The van der Waals surface area contributed by atoms with Crippen LogP contribution in [-0.2, 0) is 13.5 Å². The number of aromatic hydroxyl groups is 1. The van der Waals surface area contributed by atoms with Crippen molar-refractivity contribution in [1.82, 2.24) is 19.7 Å². The number of hydrogen-bond acceptors (Lipinski definition) is 6. The van der Waals surface area contributed by atoms with Gasteiger partial charge in [0.1, 0.15) is 16.6 Å². The molecule has 1 fully saturated rings. The SMILES string of the molecule is Cn1cc(-c2nnc(Cc3ccc(F)cc3F)s2)c(=O)c(O)c1C(=O)N1CCCCC1. The third-order valence-corrected chi connectivity index (χ3v) is 6.22. The molecule has 0 aliphatic carbocycles. The maximum absolute atomic E-state index is 13.9. The topological polar surface area (TPSA) is 88.3 Å². The van der Waals surface area contributed by atoms with Crippen molar-refractivity contribution in [2.75, 3.05) is 13.1 Å². The Labute approximate surface area is 180 Å². The minimum Gasteiger partial charge on any atom is -0.503 e. The van der Waals surface area contributed by atoms with Crippen LogP contribution in [0.4, 0.5) is 8.78 Å². The number of halogens is 2. The summed E-state index contributed by atoms with van der Waals surface area (Å²) < 4.78 is 28.4. The van der Waals surface area contributed by atoms with Crippen molar-refractivity contribution in [3.8, 4) is 16.3 Å². The van der Waals surface area contributed by atoms with Crippen LogP contribution in [0.2, 0.25) is 0 Å². The zero-order valence-corrected chi connectivity index (χ0v) is 17.6. The van der Waals surface area contributed by atoms with Crippen LogP contribution >= 0.6 is 11.3 Å². The van der Waals surface area contributed by atoms with Crippen LogP contribution in [0.1, 0.15) is 40.3 Å². The number of likely N-dealkylation sites (tertiary alicyclic amines) is 1. The van der Waals surface area contributed by atoms with E-state index in [-0.39, 0.29) is 34.2 Å². The van der Waals surface area contributed by atoms with Gasteiger partial charge in [-0.05, 0) is 30.9 Å². The first-order chi connectivity index (χ1) is 14.8. The number of pyridine rings is 1. The van der Waals surface area contributed by atoms with E-state index in [2.05, 4.69) is 10.2 Å². The Morgan fingerprint density at radius 1 is 1.19 bits per heavy atom. The summed E-state index contributed by atoms with van der Waals surface area (Å²) in [6, 6.07) is 3.28. The van der Waals surface area contributed by atoms with Crippen molar-refractivity contribution in [1.29, 1.82) is 0 Å². The monoisotopic (exact) mass is 446 g/mol. The first kappa shape index (κ1) is 21.1. The predicted octanol–water partition coefficient (Wildman–Crippen LogP) is 3.10. The van der Waals surface area contributed by atoms with Crippen molar-refractivity contribution in [2.45, 2.75) is 25.7 Å². The molecular weight excluding hydrogens is 426 g/mol. The average Bonchev–Trinajstić information content (AvgIpc) is 3.21. The summed E-state index contributed by atoms with van der Waals surface area (Å²) >= 11 is 1.07. The lowest BCUT2D eigenvalue weighted by Gasteiger charge is -2.27. The van der Waals surface area contributed by atoms with Gasteiger partial charge in [0, 0.05) is 38.8 Å². The smallest absolute Gasteiger partial charge is 0.274 e. The van der Waals surface area contributed by atoms with Crippen molar-refractivity contribution < 1.29 is 18.7 Å². The van der Waals surface area contributed by atoms with Gasteiger partial charge in [0.15, 0.2) is 16.5 Å². The van der Waals surface area contributed by atoms with Gasteiger partial charge in [0.25, 0.3) is 5.91 Å². The summed E-state index contributed by atoms with van der Waals surface area (Å²) in [5.41, 5.74) is -0.427. The number of hydrogen-bond donors (Lipinski definition) is 1. The Kier molecular flexibility index (Phi) is 5.81. The number of carbonyl (C=O) groups is 1. The van der Waals surface area contributed by atoms with Gasteiger partial charge >= 0.3 is 0 Å². The van der Waals surface area contributed by atoms with Gasteiger partial charge in [-0.1, -0.05) is 17.4 Å². The van der Waals surface area contributed by atoms with E-state index in [0.29, 0.717) is 18.1 Å². The molecule has 1 N–H and O–H groups in total. The molecule has 0 spiro atoms. The average molecular weight is 446 g/mol. The fraction of sp³-hybridized carbons (Fsp3) is 0.333. The normalized spacial score (nSPS) is 14.1. The van der Waals surface area contributed by atoms with Gasteiger partial charge in [-0.2, -0.15) is 0 Å². The number of piperidine rings is 1. The lowest BCUT2D eigenvalue weighted by atomic mass is 10.1. The molecule has 1 amide bonds. The van der Waals surface area contributed by atoms with Crippen LogP contribution in [0.3, 0.4) is 0 Å². The van der Waals surface area contributed by atoms with E-state index < -0.39 is 22.8 Å². The Morgan fingerprint density at radius 2 is 1.94 bits per heavy atom. The highest BCUT2D eigenvalue weighted by Crippen LogP contribution is 2.27. The summed E-state index contributed by atoms with van der Waals surface area (Å²) in [6.45, 7) is 1.18. The first-order valence-electron chi connectivity index (χ1n) is 9.83. The van der Waals surface area contributed by atoms with E-state index in [1.54, 1.807) is 11.9 Å². The molecule has 31 heavy (non-hydrogen) atoms. The third kappa shape index (κ3) is 4.20. The zero-order chi connectivity index (χ0) is 22.1. The number of nitrogens with zero attached hydrogens (tertiary/aromatic N) is 4. The fourth-order valence-electron chi connectivity index (χ4n) is 3.63. The van der Waals surface area contributed by atoms with Gasteiger partial charge in [0.05, 0.1) is 5.56 Å². The van der Waals surface area contributed by atoms with Crippen LogP contribution in [0.5, 0.6) is 5.75 Å². The van der Waals surface area contributed by atoms with Gasteiger partial charge in [0.2, 0.25) is 5.43 Å². The maximum Gasteiger partial charge on any atom is 0.274 e. The second kappa shape index (κ2) is 8.54. The van der Waals surface area contributed by atoms with Crippen molar-refractivity contribution in [3.05, 3.63) is 62.5 Å². The Bertz CT molecular complexity index is 1200. The number of aromatic nitrogens is 3. The zero-order valence-electron chi connectivity index (χ0n) is 16.8. The van der Waals surface area contributed by atoms with Crippen molar-refractivity contribution in [2.24, 2.45) is 7.05 Å². The van der Waals surface area contributed by atoms with Crippen molar-refractivity contribution >= 4 is 17.2 Å². The molecule has 3 aromatic rings. The molecule has 2 aromatic heterocycles. The second-order valence-electron chi connectivity index (χ2n) is 7.45. The number of carbonyl (C=O) groups excluding carboxylic acids is 1. The number of benzene rings is 1. The van der Waals surface area contributed by atoms with E-state index >= 15 is 0 Å². The molecule has 1 aromatic carbocycles. The minimum atomic E-state index is -0.714. The third-order valence-electron chi connectivity index (χ3n) is 5.26. The molecule has 162 valence electrons. The molecule has 0 saturated carbocycles. The summed E-state index contributed by atoms with van der Waals surface area (Å²) in [6.07, 6.45) is 4.36. The second-order valence-corrected chi connectivity index (χ2v) is 8.51. The molecule has 4 rings (SSSR count). The Morgan fingerprint density at radius 3 is 2.65 bits per heavy atom. The summed E-state index contributed by atoms with van der Waals surface area (Å²) in [7, 11) is 1.58. The van der Waals surface area contributed by atoms with Crippen molar-refractivity contribution in [3.63, 3.8) is 0 Å². The van der Waals surface area contributed by atoms with Crippen LogP contribution in [0, 0.1) is 11.6 Å². The molecule has 0 radical (unpaired) electrons. The standard InChI is InChI=1S/C21H20F2N4O3S/c1-26-11-14(18(28)19(29)17(26)21(30)27-7-3-2-4-8-27)20-25-24-16(31-20)9-12-5-6-13(22)10-15(12)23/h5-6,10-11,29H,2-4,7-9H2,1H3. The van der Waals surface area contributed by atoms with E-state index in [1.807, 2.05) is 0 Å². The first-order valence-corrected chi connectivity index (χ1v) is 10.7. The molecule has 0 bridgehead atoms. The largest absolute Gasteiger partial charge is 0.503 e. The molecule has 1 saturated heterocycles. The molecule has 1 aliphatic heterocycles. The predicted molar refractivity (Wildman–Crippen MR) is 111 cm³/mol. The summed E-state index contributed by atoms with van der Waals surface area (Å²) in [5, 5.41) is 19.2. The molecule has 1 aliphatic rings. The molecular formula is C21H20F2N4O3S. The highest BCUT2D eigenvalue weighted by atomic mass is 32.1. The van der Waals surface area contributed by atoms with E-state index in [4.69, 9.17) is 0 Å². The van der Waals surface area contributed by atoms with E-state index in [9.17, 15) is 23.5 Å². The fourth-order valence-corrected chi connectivity index (χ4v) is 4.50. The van der Waals surface area contributed by atoms with Gasteiger partial charge in [-0.25, -0.2) is 8.78 Å². The van der Waals surface area contributed by atoms with Crippen LogP contribution < -0.4 is 5.43 Å². The number of rotatable bonds is 4. The summed E-state index contributed by atoms with van der Waals surface area (Å²) in [4.78, 5) is 27.3. The highest BCUT2D eigenvalue weighted by molar-refractivity contribution is 7.14. The van der Waals surface area contributed by atoms with Crippen LogP contribution in [-0.4, -0.2) is 43.8 Å². The minimum absolute atomic E-state index is 0.0613. The number of amides is 1. The van der Waals surface area contributed by atoms with Gasteiger partial charge < -0.3 is 14.6 Å². The lowest BCUT2D eigenvalue weighted by molar-refractivity contribution is 0.0710. The Balaban J connectivity index is 1.63. The molecule has 0 atom stereocenters. The van der Waals surface area contributed by atoms with Gasteiger partial charge in [-0.15, -0.1) is 10.2 Å². The Hall–Kier alpha value is -3.14. The molecule has 7 nitrogen and oxygen atoms in total. The number of aryl methyl sites for hydroxylation is 1. The van der Waals surface area contributed by atoms with E-state index in [0.717, 1.165) is 42.7 Å². The molecule has 10 heteroatoms. The summed E-state index contributed by atoms with van der Waals surface area (Å²) in [5.74, 6) is -2.37. The molecule has 0 unspecified atom stereocenters. The van der Waals surface area contributed by atoms with E-state index in [1.165, 1.54) is 16.8 Å². The lowest BCUT2D eigenvalue weighted by Crippen LogP contribution is -2.37. The quantitative estimate of drug-likeness (QED) is 0.665. The highest BCUT2D eigenvalue weighted by Gasteiger charge is 2.26.